The summed E-state index contributed by atoms with van der Waals surface area (Å²) in [7, 11) is 0. The minimum Gasteiger partial charge on any atom is -0.296 e. The van der Waals surface area contributed by atoms with Gasteiger partial charge in [0.2, 0.25) is 0 Å². The lowest BCUT2D eigenvalue weighted by atomic mass is 10.4. The van der Waals surface area contributed by atoms with Gasteiger partial charge in [-0.05, 0) is 11.4 Å². The summed E-state index contributed by atoms with van der Waals surface area (Å²) < 4.78 is 40.3. The quantitative estimate of drug-likeness (QED) is 0.851. The number of thiophene rings is 1. The Morgan fingerprint density at radius 1 is 1.47 bits per heavy atom. The molecule has 0 aliphatic carbocycles. The predicted octanol–water partition coefficient (Wildman–Crippen LogP) is 1.99. The number of hydrogen-bond donors (Lipinski definition) is 0. The largest absolute Gasteiger partial charge is 0.522 e. The Kier molecular flexibility index (Phi) is 3.16. The van der Waals surface area contributed by atoms with Crippen molar-refractivity contribution in [1.82, 2.24) is 9.55 Å². The zero-order valence-corrected chi connectivity index (χ0v) is 9.22. The van der Waals surface area contributed by atoms with Crippen molar-refractivity contribution in [3.8, 4) is 0 Å². The molecule has 0 fully saturated rings. The average Bonchev–Trinajstić information content (AvgIpc) is 2.68. The van der Waals surface area contributed by atoms with Gasteiger partial charge in [-0.1, -0.05) is 0 Å². The lowest BCUT2D eigenvalue weighted by Gasteiger charge is -2.08. The van der Waals surface area contributed by atoms with Crippen molar-refractivity contribution in [2.45, 2.75) is 12.9 Å². The summed E-state index contributed by atoms with van der Waals surface area (Å²) in [5, 5.41) is 1.70. The summed E-state index contributed by atoms with van der Waals surface area (Å²) in [4.78, 5) is 15.7. The fourth-order valence-corrected chi connectivity index (χ4v) is 2.09. The van der Waals surface area contributed by atoms with Crippen molar-refractivity contribution >= 4 is 21.6 Å². The Morgan fingerprint density at radius 3 is 2.94 bits per heavy atom. The summed E-state index contributed by atoms with van der Waals surface area (Å²) in [5.74, 6) is 0. The van der Waals surface area contributed by atoms with E-state index in [0.29, 0.717) is 10.2 Å². The van der Waals surface area contributed by atoms with Crippen LogP contribution in [0.2, 0.25) is 0 Å². The molecule has 0 amide bonds. The van der Waals surface area contributed by atoms with Crippen LogP contribution in [0.5, 0.6) is 0 Å². The second-order valence-corrected chi connectivity index (χ2v) is 4.09. The molecule has 0 unspecified atom stereocenters. The molecule has 92 valence electrons. The maximum atomic E-state index is 11.7. The summed E-state index contributed by atoms with van der Waals surface area (Å²) in [6, 6.07) is 1.68. The standard InChI is InChI=1S/C9H7F3N2O2S/c10-9(11,12)16-3-2-14-5-13-6-1-4-17-7(6)8(14)15/h1,4-5H,2-3H2. The molecule has 0 saturated carbocycles. The number of halogens is 3. The maximum Gasteiger partial charge on any atom is 0.522 e. The van der Waals surface area contributed by atoms with Crippen LogP contribution in [0.1, 0.15) is 0 Å². The molecule has 8 heteroatoms. The van der Waals surface area contributed by atoms with E-state index >= 15 is 0 Å². The van der Waals surface area contributed by atoms with E-state index in [1.54, 1.807) is 11.4 Å². The fraction of sp³-hybridized carbons (Fsp3) is 0.333. The molecule has 0 atom stereocenters. The molecule has 2 aromatic heterocycles. The number of aromatic nitrogens is 2. The van der Waals surface area contributed by atoms with Gasteiger partial charge in [-0.2, -0.15) is 0 Å². The molecule has 0 spiro atoms. The van der Waals surface area contributed by atoms with E-state index in [-0.39, 0.29) is 12.1 Å². The first-order chi connectivity index (χ1) is 7.97. The number of hydrogen-bond acceptors (Lipinski definition) is 4. The monoisotopic (exact) mass is 264 g/mol. The van der Waals surface area contributed by atoms with Crippen LogP contribution >= 0.6 is 11.3 Å². The van der Waals surface area contributed by atoms with Gasteiger partial charge >= 0.3 is 6.36 Å². The first kappa shape index (κ1) is 12.1. The minimum absolute atomic E-state index is 0.181. The summed E-state index contributed by atoms with van der Waals surface area (Å²) >= 11 is 1.21. The van der Waals surface area contributed by atoms with Crippen molar-refractivity contribution in [2.24, 2.45) is 0 Å². The van der Waals surface area contributed by atoms with E-state index in [9.17, 15) is 18.0 Å². The van der Waals surface area contributed by atoms with Gasteiger partial charge in [0.15, 0.2) is 0 Å². The maximum absolute atomic E-state index is 11.7. The van der Waals surface area contributed by atoms with Gasteiger partial charge in [0.25, 0.3) is 5.56 Å². The van der Waals surface area contributed by atoms with Crippen LogP contribution in [0.3, 0.4) is 0 Å². The summed E-state index contributed by atoms with van der Waals surface area (Å²) in [6.07, 6.45) is -3.46. The van der Waals surface area contributed by atoms with Crippen LogP contribution in [0.25, 0.3) is 10.2 Å². The van der Waals surface area contributed by atoms with Gasteiger partial charge in [0.1, 0.15) is 4.70 Å². The van der Waals surface area contributed by atoms with Crippen LogP contribution in [-0.4, -0.2) is 22.5 Å². The molecule has 0 aromatic carbocycles. The van der Waals surface area contributed by atoms with Crippen LogP contribution < -0.4 is 5.56 Å². The van der Waals surface area contributed by atoms with Crippen LogP contribution in [-0.2, 0) is 11.3 Å². The van der Waals surface area contributed by atoms with Crippen LogP contribution in [0.4, 0.5) is 13.2 Å². The third kappa shape index (κ3) is 2.83. The SMILES string of the molecule is O=c1c2sccc2ncn1CCOC(F)(F)F. The normalized spacial score (nSPS) is 12.2. The zero-order valence-electron chi connectivity index (χ0n) is 8.40. The van der Waals surface area contributed by atoms with Gasteiger partial charge in [0.05, 0.1) is 25.0 Å². The predicted molar refractivity (Wildman–Crippen MR) is 55.9 cm³/mol. The van der Waals surface area contributed by atoms with Gasteiger partial charge in [-0.15, -0.1) is 24.5 Å². The highest BCUT2D eigenvalue weighted by Crippen LogP contribution is 2.16. The number of alkyl halides is 3. The molecule has 17 heavy (non-hydrogen) atoms. The number of nitrogens with zero attached hydrogens (tertiary/aromatic N) is 2. The van der Waals surface area contributed by atoms with Crippen molar-refractivity contribution in [1.29, 1.82) is 0 Å². The highest BCUT2D eigenvalue weighted by Gasteiger charge is 2.28. The number of rotatable bonds is 3. The summed E-state index contributed by atoms with van der Waals surface area (Å²) in [5.41, 5.74) is 0.198. The van der Waals surface area contributed by atoms with E-state index in [1.165, 1.54) is 17.7 Å². The average molecular weight is 264 g/mol. The third-order valence-corrected chi connectivity index (χ3v) is 2.93. The Hall–Kier alpha value is -1.41. The first-order valence-corrected chi connectivity index (χ1v) is 5.49. The zero-order chi connectivity index (χ0) is 12.5. The highest BCUT2D eigenvalue weighted by atomic mass is 32.1. The van der Waals surface area contributed by atoms with Gasteiger partial charge < -0.3 is 0 Å². The molecule has 0 N–H and O–H groups in total. The Balaban J connectivity index is 2.14. The molecule has 0 aliphatic heterocycles. The van der Waals surface area contributed by atoms with Crippen LogP contribution in [0.15, 0.2) is 22.6 Å². The lowest BCUT2D eigenvalue weighted by molar-refractivity contribution is -0.325. The molecular weight excluding hydrogens is 257 g/mol. The van der Waals surface area contributed by atoms with E-state index in [4.69, 9.17) is 0 Å². The summed E-state index contributed by atoms with van der Waals surface area (Å²) in [6.45, 7) is -0.791. The highest BCUT2D eigenvalue weighted by molar-refractivity contribution is 7.17. The molecule has 0 bridgehead atoms. The Labute approximate surface area is 97.3 Å². The molecule has 4 nitrogen and oxygen atoms in total. The molecule has 0 aliphatic rings. The van der Waals surface area contributed by atoms with Crippen molar-refractivity contribution in [3.63, 3.8) is 0 Å². The first-order valence-electron chi connectivity index (χ1n) is 4.61. The molecule has 0 saturated heterocycles. The molecule has 0 radical (unpaired) electrons. The van der Waals surface area contributed by atoms with E-state index in [0.717, 1.165) is 4.57 Å². The lowest BCUT2D eigenvalue weighted by Crippen LogP contribution is -2.24. The van der Waals surface area contributed by atoms with Crippen molar-refractivity contribution in [3.05, 3.63) is 28.1 Å². The minimum atomic E-state index is -4.68. The van der Waals surface area contributed by atoms with E-state index < -0.39 is 13.0 Å². The smallest absolute Gasteiger partial charge is 0.296 e. The van der Waals surface area contributed by atoms with E-state index in [1.807, 2.05) is 0 Å². The second kappa shape index (κ2) is 4.46. The van der Waals surface area contributed by atoms with Gasteiger partial charge in [0, 0.05) is 0 Å². The third-order valence-electron chi connectivity index (χ3n) is 2.03. The van der Waals surface area contributed by atoms with Crippen molar-refractivity contribution < 1.29 is 17.9 Å². The Morgan fingerprint density at radius 2 is 2.24 bits per heavy atom. The second-order valence-electron chi connectivity index (χ2n) is 3.17. The molecule has 2 heterocycles. The van der Waals surface area contributed by atoms with Crippen molar-refractivity contribution in [2.75, 3.05) is 6.61 Å². The van der Waals surface area contributed by atoms with Gasteiger partial charge in [-0.3, -0.25) is 14.1 Å². The van der Waals surface area contributed by atoms with Crippen LogP contribution in [0, 0.1) is 0 Å². The van der Waals surface area contributed by atoms with E-state index in [2.05, 4.69) is 9.72 Å². The van der Waals surface area contributed by atoms with Gasteiger partial charge in [-0.25, -0.2) is 4.98 Å². The number of ether oxygens (including phenoxy) is 1. The molecule has 2 aromatic rings. The molecular formula is C9H7F3N2O2S. The fourth-order valence-electron chi connectivity index (χ4n) is 1.30. The topological polar surface area (TPSA) is 44.1 Å². The Bertz CT molecular complexity index is 575. The molecule has 2 rings (SSSR count). The number of fused-ring (bicyclic) bond motifs is 1.